The van der Waals surface area contributed by atoms with Crippen LogP contribution in [0.1, 0.15) is 69.7 Å². The van der Waals surface area contributed by atoms with Gasteiger partial charge in [-0.25, -0.2) is 0 Å². The monoisotopic (exact) mass is 449 g/mol. The maximum absolute atomic E-state index is 14.2. The first-order valence-corrected chi connectivity index (χ1v) is 12.4. The lowest BCUT2D eigenvalue weighted by Gasteiger charge is -2.42. The van der Waals surface area contributed by atoms with Gasteiger partial charge in [-0.05, 0) is 63.1 Å². The van der Waals surface area contributed by atoms with Crippen LogP contribution in [0.3, 0.4) is 0 Å². The molecule has 2 amide bonds. The molecule has 1 aliphatic carbocycles. The van der Waals surface area contributed by atoms with Crippen LogP contribution in [0.25, 0.3) is 0 Å². The van der Waals surface area contributed by atoms with Crippen molar-refractivity contribution in [1.29, 1.82) is 0 Å². The Kier molecular flexibility index (Phi) is 5.75. The van der Waals surface area contributed by atoms with Gasteiger partial charge < -0.3 is 9.80 Å². The Morgan fingerprint density at radius 2 is 2.06 bits per heavy atom. The van der Waals surface area contributed by atoms with Gasteiger partial charge in [-0.2, -0.15) is 5.10 Å². The van der Waals surface area contributed by atoms with E-state index in [0.29, 0.717) is 25.6 Å². The summed E-state index contributed by atoms with van der Waals surface area (Å²) in [6.07, 6.45) is 9.13. The number of nitrogens with zero attached hydrogens (tertiary/aromatic N) is 5. The van der Waals surface area contributed by atoms with Crippen molar-refractivity contribution >= 4 is 11.8 Å². The molecular weight excluding hydrogens is 414 g/mol. The average molecular weight is 450 g/mol. The highest BCUT2D eigenvalue weighted by molar-refractivity contribution is 5.88. The molecule has 1 spiro atoms. The number of hydrogen-bond acceptors (Lipinski definition) is 4. The summed E-state index contributed by atoms with van der Waals surface area (Å²) in [4.78, 5) is 35.8. The molecule has 5 rings (SSSR count). The Balaban J connectivity index is 1.48. The molecule has 176 valence electrons. The smallest absolute Gasteiger partial charge is 0.231 e. The molecular formula is C26H35N5O2. The quantitative estimate of drug-likeness (QED) is 0.699. The lowest BCUT2D eigenvalue weighted by molar-refractivity contribution is -0.148. The Morgan fingerprint density at radius 1 is 1.24 bits per heavy atom. The van der Waals surface area contributed by atoms with Crippen molar-refractivity contribution in [1.82, 2.24) is 24.6 Å². The molecule has 3 aliphatic rings. The topological polar surface area (TPSA) is 71.3 Å². The van der Waals surface area contributed by atoms with Crippen LogP contribution in [0.2, 0.25) is 0 Å². The van der Waals surface area contributed by atoms with E-state index in [2.05, 4.69) is 36.9 Å². The standard InChI is InChI=1S/C26H35N5O2/c1-18(2)31-23(7-10-28-31)22-16-30(24(32)21-12-19(3)13-21)17-26(22)8-5-11-29(25(26)33)15-20-6-4-9-27-14-20/h4,6-7,9-10,14,18-19,21-22H,5,8,11-13,15-17H2,1-3H3/t19?,21?,22-,26+/m1/s1. The van der Waals surface area contributed by atoms with Gasteiger partial charge in [0.05, 0.1) is 5.41 Å². The minimum Gasteiger partial charge on any atom is -0.341 e. The maximum atomic E-state index is 14.2. The number of carbonyl (C=O) groups is 2. The SMILES string of the molecule is CC1CC(C(=O)N2C[C@H](c3ccnn3C(C)C)[C@]3(CCCN(Cc4cccnc4)C3=O)C2)C1. The molecule has 4 heterocycles. The zero-order valence-corrected chi connectivity index (χ0v) is 20.0. The normalized spacial score (nSPS) is 29.7. The van der Waals surface area contributed by atoms with E-state index in [1.807, 2.05) is 39.0 Å². The van der Waals surface area contributed by atoms with Crippen molar-refractivity contribution in [2.24, 2.45) is 17.3 Å². The highest BCUT2D eigenvalue weighted by Gasteiger charge is 2.57. The zero-order chi connectivity index (χ0) is 23.2. The van der Waals surface area contributed by atoms with Crippen LogP contribution in [0.15, 0.2) is 36.8 Å². The van der Waals surface area contributed by atoms with E-state index in [1.54, 1.807) is 6.20 Å². The fourth-order valence-corrected chi connectivity index (χ4v) is 6.29. The van der Waals surface area contributed by atoms with Gasteiger partial charge in [0.2, 0.25) is 11.8 Å². The summed E-state index contributed by atoms with van der Waals surface area (Å²) in [6.45, 7) is 8.89. The first kappa shape index (κ1) is 22.1. The Hall–Kier alpha value is -2.70. The van der Waals surface area contributed by atoms with Crippen molar-refractivity contribution in [3.63, 3.8) is 0 Å². The van der Waals surface area contributed by atoms with Gasteiger partial charge in [-0.1, -0.05) is 13.0 Å². The molecule has 0 aromatic carbocycles. The second-order valence-electron chi connectivity index (χ2n) is 10.7. The number of amides is 2. The van der Waals surface area contributed by atoms with E-state index in [0.717, 1.165) is 43.5 Å². The summed E-state index contributed by atoms with van der Waals surface area (Å²) in [6, 6.07) is 6.20. The average Bonchev–Trinajstić information content (AvgIpc) is 3.41. The van der Waals surface area contributed by atoms with Gasteiger partial charge in [0, 0.05) is 68.3 Å². The lowest BCUT2D eigenvalue weighted by atomic mass is 9.70. The van der Waals surface area contributed by atoms with Gasteiger partial charge in [0.15, 0.2) is 0 Å². The van der Waals surface area contributed by atoms with Gasteiger partial charge in [0.1, 0.15) is 0 Å². The molecule has 2 saturated heterocycles. The number of likely N-dealkylation sites (tertiary alicyclic amines) is 2. The molecule has 2 aliphatic heterocycles. The molecule has 1 saturated carbocycles. The summed E-state index contributed by atoms with van der Waals surface area (Å²) in [5, 5.41) is 4.57. The second-order valence-corrected chi connectivity index (χ2v) is 10.7. The molecule has 7 heteroatoms. The molecule has 33 heavy (non-hydrogen) atoms. The van der Waals surface area contributed by atoms with E-state index in [1.165, 1.54) is 0 Å². The fourth-order valence-electron chi connectivity index (χ4n) is 6.29. The Bertz CT molecular complexity index is 1010. The van der Waals surface area contributed by atoms with Crippen molar-refractivity contribution < 1.29 is 9.59 Å². The highest BCUT2D eigenvalue weighted by atomic mass is 16.2. The number of piperidine rings is 1. The highest BCUT2D eigenvalue weighted by Crippen LogP contribution is 2.51. The number of hydrogen-bond donors (Lipinski definition) is 0. The van der Waals surface area contributed by atoms with Gasteiger partial charge in [-0.15, -0.1) is 0 Å². The van der Waals surface area contributed by atoms with Gasteiger partial charge in [0.25, 0.3) is 0 Å². The number of carbonyl (C=O) groups excluding carboxylic acids is 2. The van der Waals surface area contributed by atoms with Gasteiger partial charge in [-0.3, -0.25) is 19.3 Å². The van der Waals surface area contributed by atoms with Crippen LogP contribution in [-0.4, -0.2) is 56.0 Å². The third kappa shape index (κ3) is 3.85. The van der Waals surface area contributed by atoms with Crippen molar-refractivity contribution in [3.05, 3.63) is 48.0 Å². The number of rotatable bonds is 5. The maximum Gasteiger partial charge on any atom is 0.231 e. The van der Waals surface area contributed by atoms with Crippen LogP contribution in [0.4, 0.5) is 0 Å². The van der Waals surface area contributed by atoms with Crippen molar-refractivity contribution in [2.45, 2.75) is 65.0 Å². The van der Waals surface area contributed by atoms with E-state index >= 15 is 0 Å². The molecule has 2 atom stereocenters. The molecule has 2 aromatic rings. The molecule has 0 radical (unpaired) electrons. The van der Waals surface area contributed by atoms with E-state index in [9.17, 15) is 9.59 Å². The van der Waals surface area contributed by atoms with Crippen LogP contribution in [0, 0.1) is 17.3 Å². The second kappa shape index (κ2) is 8.58. The van der Waals surface area contributed by atoms with Crippen molar-refractivity contribution in [3.8, 4) is 0 Å². The Labute approximate surface area is 196 Å². The van der Waals surface area contributed by atoms with Gasteiger partial charge >= 0.3 is 0 Å². The third-order valence-corrected chi connectivity index (χ3v) is 7.99. The third-order valence-electron chi connectivity index (χ3n) is 7.99. The first-order valence-electron chi connectivity index (χ1n) is 12.4. The Morgan fingerprint density at radius 3 is 2.76 bits per heavy atom. The molecule has 0 unspecified atom stereocenters. The van der Waals surface area contributed by atoms with E-state index < -0.39 is 5.41 Å². The molecule has 3 fully saturated rings. The number of aromatic nitrogens is 3. The summed E-state index contributed by atoms with van der Waals surface area (Å²) in [5.74, 6) is 1.13. The molecule has 0 bridgehead atoms. The number of pyridine rings is 1. The predicted octanol–water partition coefficient (Wildman–Crippen LogP) is 3.64. The van der Waals surface area contributed by atoms with Crippen LogP contribution < -0.4 is 0 Å². The van der Waals surface area contributed by atoms with E-state index in [4.69, 9.17) is 0 Å². The molecule has 7 nitrogen and oxygen atoms in total. The summed E-state index contributed by atoms with van der Waals surface area (Å²) in [5.41, 5.74) is 1.54. The fraction of sp³-hybridized carbons (Fsp3) is 0.615. The summed E-state index contributed by atoms with van der Waals surface area (Å²) >= 11 is 0. The molecule has 2 aromatic heterocycles. The lowest BCUT2D eigenvalue weighted by Crippen LogP contribution is -2.52. The predicted molar refractivity (Wildman–Crippen MR) is 125 cm³/mol. The van der Waals surface area contributed by atoms with E-state index in [-0.39, 0.29) is 29.7 Å². The zero-order valence-electron chi connectivity index (χ0n) is 20.0. The van der Waals surface area contributed by atoms with Crippen LogP contribution >= 0.6 is 0 Å². The molecule has 0 N–H and O–H groups in total. The van der Waals surface area contributed by atoms with Crippen molar-refractivity contribution in [2.75, 3.05) is 19.6 Å². The first-order chi connectivity index (χ1) is 15.9. The minimum atomic E-state index is -0.585. The van der Waals surface area contributed by atoms with Crippen LogP contribution in [0.5, 0.6) is 0 Å². The largest absolute Gasteiger partial charge is 0.341 e. The minimum absolute atomic E-state index is 0.0342. The van der Waals surface area contributed by atoms with Crippen LogP contribution in [-0.2, 0) is 16.1 Å². The summed E-state index contributed by atoms with van der Waals surface area (Å²) in [7, 11) is 0. The summed E-state index contributed by atoms with van der Waals surface area (Å²) < 4.78 is 2.04.